The van der Waals surface area contributed by atoms with Gasteiger partial charge in [0.2, 0.25) is 5.91 Å². The summed E-state index contributed by atoms with van der Waals surface area (Å²) in [4.78, 5) is 19.2. The maximum Gasteiger partial charge on any atom is 0.244 e. The lowest BCUT2D eigenvalue weighted by molar-refractivity contribution is -0.114. The monoisotopic (exact) mass is 477 g/mol. The van der Waals surface area contributed by atoms with E-state index in [4.69, 9.17) is 4.74 Å². The molecule has 0 saturated carbocycles. The Morgan fingerprint density at radius 3 is 2.66 bits per heavy atom. The van der Waals surface area contributed by atoms with Crippen LogP contribution >= 0.6 is 11.8 Å². The minimum atomic E-state index is -3.08. The van der Waals surface area contributed by atoms with Crippen LogP contribution < -0.4 is 15.0 Å². The van der Waals surface area contributed by atoms with E-state index in [1.54, 1.807) is 24.0 Å². The third-order valence-corrected chi connectivity index (χ3v) is 8.50. The van der Waals surface area contributed by atoms with Crippen molar-refractivity contribution < 1.29 is 22.3 Å². The molecule has 7 nitrogen and oxygen atoms in total. The zero-order valence-corrected chi connectivity index (χ0v) is 19.4. The van der Waals surface area contributed by atoms with Crippen molar-refractivity contribution in [3.63, 3.8) is 0 Å². The van der Waals surface area contributed by atoms with Gasteiger partial charge < -0.3 is 15.0 Å². The topological polar surface area (TPSA) is 88.1 Å². The molecule has 32 heavy (non-hydrogen) atoms. The predicted octanol–water partition coefficient (Wildman–Crippen LogP) is 3.25. The van der Waals surface area contributed by atoms with Gasteiger partial charge in [0, 0.05) is 16.6 Å². The summed E-state index contributed by atoms with van der Waals surface area (Å²) in [5.41, 5.74) is 1.60. The Labute approximate surface area is 191 Å². The van der Waals surface area contributed by atoms with Crippen molar-refractivity contribution in [3.8, 4) is 5.75 Å². The summed E-state index contributed by atoms with van der Waals surface area (Å²) in [6, 6.07) is 11.5. The number of hydrogen-bond donors (Lipinski definition) is 1. The standard InChI is InChI=1S/C22H24FN3O4S2/c1-3-30-17-8-6-16(7-9-17)26(22-25-19-12-32(28,29)13-20(19)31-22)11-21(27)24-15-5-4-14(2)18(23)10-15/h4-10,19-20H,3,11-13H2,1-2H3,(H,24,27)/t19-,20+/m0/s1. The van der Waals surface area contributed by atoms with Gasteiger partial charge in [-0.15, -0.1) is 0 Å². The molecule has 0 radical (unpaired) electrons. The summed E-state index contributed by atoms with van der Waals surface area (Å²) < 4.78 is 43.2. The van der Waals surface area contributed by atoms with Gasteiger partial charge in [0.15, 0.2) is 15.0 Å². The molecular formula is C22H24FN3O4S2. The maximum atomic E-state index is 13.9. The van der Waals surface area contributed by atoms with Crippen LogP contribution in [0.25, 0.3) is 0 Å². The Kier molecular flexibility index (Phi) is 6.43. The van der Waals surface area contributed by atoms with E-state index in [9.17, 15) is 17.6 Å². The summed E-state index contributed by atoms with van der Waals surface area (Å²) in [6.45, 7) is 4.04. The van der Waals surface area contributed by atoms with E-state index in [2.05, 4.69) is 10.3 Å². The molecule has 1 N–H and O–H groups in total. The van der Waals surface area contributed by atoms with Crippen LogP contribution in [0.4, 0.5) is 15.8 Å². The summed E-state index contributed by atoms with van der Waals surface area (Å²) >= 11 is 1.38. The van der Waals surface area contributed by atoms with E-state index < -0.39 is 15.7 Å². The van der Waals surface area contributed by atoms with Crippen molar-refractivity contribution in [2.24, 2.45) is 4.99 Å². The Morgan fingerprint density at radius 1 is 1.25 bits per heavy atom. The fraction of sp³-hybridized carbons (Fsp3) is 0.364. The second-order valence-electron chi connectivity index (χ2n) is 7.74. The molecule has 1 amide bonds. The van der Waals surface area contributed by atoms with Crippen molar-refractivity contribution in [2.75, 3.05) is 34.9 Å². The number of amides is 1. The summed E-state index contributed by atoms with van der Waals surface area (Å²) in [7, 11) is -3.08. The van der Waals surface area contributed by atoms with Gasteiger partial charge in [-0.3, -0.25) is 9.79 Å². The highest BCUT2D eigenvalue weighted by molar-refractivity contribution is 8.15. The van der Waals surface area contributed by atoms with E-state index in [1.165, 1.54) is 17.8 Å². The number of aliphatic imine (C=N–C) groups is 1. The van der Waals surface area contributed by atoms with Crippen molar-refractivity contribution >= 4 is 44.0 Å². The second kappa shape index (κ2) is 9.11. The second-order valence-corrected chi connectivity index (χ2v) is 11.1. The number of halogens is 1. The summed E-state index contributed by atoms with van der Waals surface area (Å²) in [5.74, 6) is 0.0901. The number of ether oxygens (including phenoxy) is 1. The third-order valence-electron chi connectivity index (χ3n) is 5.25. The smallest absolute Gasteiger partial charge is 0.244 e. The van der Waals surface area contributed by atoms with Crippen molar-refractivity contribution in [1.82, 2.24) is 0 Å². The first-order chi connectivity index (χ1) is 15.2. The Balaban J connectivity index is 1.56. The van der Waals surface area contributed by atoms with Gasteiger partial charge in [0.25, 0.3) is 0 Å². The van der Waals surface area contributed by atoms with Crippen molar-refractivity contribution in [3.05, 3.63) is 53.8 Å². The van der Waals surface area contributed by atoms with Crippen LogP contribution in [0.2, 0.25) is 0 Å². The zero-order valence-electron chi connectivity index (χ0n) is 17.7. The fourth-order valence-electron chi connectivity index (χ4n) is 3.64. The number of nitrogens with one attached hydrogen (secondary N) is 1. The van der Waals surface area contributed by atoms with Crippen LogP contribution in [0.15, 0.2) is 47.5 Å². The number of anilines is 2. The van der Waals surface area contributed by atoms with E-state index in [0.29, 0.717) is 28.8 Å². The molecule has 10 heteroatoms. The molecule has 170 valence electrons. The molecule has 2 aromatic rings. The predicted molar refractivity (Wildman–Crippen MR) is 126 cm³/mol. The van der Waals surface area contributed by atoms with Gasteiger partial charge in [-0.2, -0.15) is 0 Å². The SMILES string of the molecule is CCOc1ccc(N(CC(=O)Nc2ccc(C)c(F)c2)C2=N[C@H]3CS(=O)(=O)C[C@H]3S2)cc1. The minimum absolute atomic E-state index is 0.0279. The van der Waals surface area contributed by atoms with Crippen LogP contribution in [0.5, 0.6) is 5.75 Å². The Hall–Kier alpha value is -2.59. The lowest BCUT2D eigenvalue weighted by Crippen LogP contribution is -2.36. The summed E-state index contributed by atoms with van der Waals surface area (Å²) in [6.07, 6.45) is 0. The van der Waals surface area contributed by atoms with Crippen molar-refractivity contribution in [2.45, 2.75) is 25.1 Å². The first-order valence-corrected chi connectivity index (χ1v) is 13.0. The molecule has 0 aliphatic carbocycles. The molecular weight excluding hydrogens is 453 g/mol. The number of fused-ring (bicyclic) bond motifs is 1. The van der Waals surface area contributed by atoms with E-state index in [1.807, 2.05) is 31.2 Å². The van der Waals surface area contributed by atoms with Gasteiger partial charge in [0.1, 0.15) is 18.1 Å². The quantitative estimate of drug-likeness (QED) is 0.687. The molecule has 2 atom stereocenters. The third kappa shape index (κ3) is 5.07. The maximum absolute atomic E-state index is 13.9. The Bertz CT molecular complexity index is 1150. The lowest BCUT2D eigenvalue weighted by Gasteiger charge is -2.24. The molecule has 1 fully saturated rings. The van der Waals surface area contributed by atoms with E-state index in [0.717, 1.165) is 5.69 Å². The van der Waals surface area contributed by atoms with Gasteiger partial charge in [-0.1, -0.05) is 17.8 Å². The molecule has 0 spiro atoms. The molecule has 0 bridgehead atoms. The number of benzene rings is 2. The van der Waals surface area contributed by atoms with Gasteiger partial charge in [0.05, 0.1) is 24.2 Å². The van der Waals surface area contributed by atoms with E-state index in [-0.39, 0.29) is 35.2 Å². The van der Waals surface area contributed by atoms with Crippen LogP contribution in [0.3, 0.4) is 0 Å². The molecule has 2 heterocycles. The first kappa shape index (κ1) is 22.6. The lowest BCUT2D eigenvalue weighted by atomic mass is 10.2. The van der Waals surface area contributed by atoms with Crippen LogP contribution in [0.1, 0.15) is 12.5 Å². The molecule has 1 saturated heterocycles. The highest BCUT2D eigenvalue weighted by atomic mass is 32.2. The largest absolute Gasteiger partial charge is 0.494 e. The van der Waals surface area contributed by atoms with E-state index >= 15 is 0 Å². The highest BCUT2D eigenvalue weighted by Crippen LogP contribution is 2.37. The average molecular weight is 478 g/mol. The summed E-state index contributed by atoms with van der Waals surface area (Å²) in [5, 5.41) is 3.18. The number of carbonyl (C=O) groups excluding carboxylic acids is 1. The molecule has 2 aliphatic rings. The van der Waals surface area contributed by atoms with Crippen LogP contribution in [0, 0.1) is 12.7 Å². The first-order valence-electron chi connectivity index (χ1n) is 10.3. The van der Waals surface area contributed by atoms with Crippen molar-refractivity contribution in [1.29, 1.82) is 0 Å². The average Bonchev–Trinajstić information content (AvgIpc) is 3.23. The van der Waals surface area contributed by atoms with Gasteiger partial charge in [-0.05, 0) is 55.8 Å². The Morgan fingerprint density at radius 2 is 2.00 bits per heavy atom. The number of rotatable bonds is 6. The zero-order chi connectivity index (χ0) is 22.9. The molecule has 2 aliphatic heterocycles. The number of nitrogens with zero attached hydrogens (tertiary/aromatic N) is 2. The fourth-order valence-corrected chi connectivity index (χ4v) is 7.42. The molecule has 0 aromatic heterocycles. The highest BCUT2D eigenvalue weighted by Gasteiger charge is 2.44. The number of carbonyl (C=O) groups is 1. The number of thioether (sulfide) groups is 1. The minimum Gasteiger partial charge on any atom is -0.494 e. The van der Waals surface area contributed by atoms with Crippen LogP contribution in [-0.2, 0) is 14.6 Å². The molecule has 0 unspecified atom stereocenters. The number of amidine groups is 1. The molecule has 2 aromatic carbocycles. The number of hydrogen-bond acceptors (Lipinski definition) is 7. The van der Waals surface area contributed by atoms with Crippen LogP contribution in [-0.4, -0.2) is 55.4 Å². The molecule has 4 rings (SSSR count). The normalized spacial score (nSPS) is 21.0. The van der Waals surface area contributed by atoms with Gasteiger partial charge >= 0.3 is 0 Å². The number of aryl methyl sites for hydroxylation is 1. The van der Waals surface area contributed by atoms with Gasteiger partial charge in [-0.25, -0.2) is 12.8 Å². The number of sulfone groups is 1.